The fourth-order valence-corrected chi connectivity index (χ4v) is 6.43. The molecule has 2 aromatic heterocycles. The van der Waals surface area contributed by atoms with Gasteiger partial charge in [0, 0.05) is 29.9 Å². The molecule has 0 N–H and O–H groups in total. The van der Waals surface area contributed by atoms with Gasteiger partial charge in [-0.3, -0.25) is 4.90 Å². The summed E-state index contributed by atoms with van der Waals surface area (Å²) in [6, 6.07) is 0.677. The fourth-order valence-electron chi connectivity index (χ4n) is 5.02. The summed E-state index contributed by atoms with van der Waals surface area (Å²) in [4.78, 5) is 14.1. The Morgan fingerprint density at radius 1 is 1.14 bits per heavy atom. The molecule has 6 nitrogen and oxygen atoms in total. The molecule has 0 radical (unpaired) electrons. The number of aromatic nitrogens is 2. The maximum absolute atomic E-state index is 6.47. The second-order valence-corrected chi connectivity index (χ2v) is 9.37. The Morgan fingerprint density at radius 2 is 1.96 bits per heavy atom. The van der Waals surface area contributed by atoms with Crippen molar-refractivity contribution in [2.45, 2.75) is 56.6 Å². The lowest BCUT2D eigenvalue weighted by Crippen LogP contribution is -2.46. The van der Waals surface area contributed by atoms with E-state index in [-0.39, 0.29) is 6.10 Å². The Labute approximate surface area is 175 Å². The van der Waals surface area contributed by atoms with Crippen molar-refractivity contribution in [3.05, 3.63) is 16.8 Å². The highest BCUT2D eigenvalue weighted by atomic mass is 32.1. The number of hydrogen-bond donors (Lipinski definition) is 1. The molecule has 1 saturated heterocycles. The monoisotopic (exact) mass is 421 g/mol. The minimum atomic E-state index is 0.243. The lowest BCUT2D eigenvalue weighted by molar-refractivity contribution is -0.00126. The third-order valence-corrected chi connectivity index (χ3v) is 7.78. The molecule has 3 aliphatic rings. The molecule has 2 fully saturated rings. The first-order valence-corrected chi connectivity index (χ1v) is 11.5. The number of nitrogens with zero attached hydrogens (tertiary/aromatic N) is 3. The molecule has 0 bridgehead atoms. The smallest absolute Gasteiger partial charge is 0.225 e. The largest absolute Gasteiger partial charge is 0.474 e. The molecule has 2 aliphatic carbocycles. The standard InChI is InChI=1S/C20H27N3O3S2/c27-25-11-13-1-6-16-17(13)18-19(21-12-22-20(18)28-16)26-15-4-2-14(3-5-15)23-7-9-24-10-8-23/h12-15,27H,1-11H2/t13-,14-,15-/m1/s1. The molecule has 0 spiro atoms. The van der Waals surface area contributed by atoms with Crippen LogP contribution in [0.3, 0.4) is 0 Å². The lowest BCUT2D eigenvalue weighted by Gasteiger charge is -2.38. The summed E-state index contributed by atoms with van der Waals surface area (Å²) < 4.78 is 17.1. The van der Waals surface area contributed by atoms with E-state index in [4.69, 9.17) is 13.7 Å². The van der Waals surface area contributed by atoms with Crippen molar-refractivity contribution in [1.29, 1.82) is 0 Å². The van der Waals surface area contributed by atoms with Crippen LogP contribution in [0.4, 0.5) is 0 Å². The van der Waals surface area contributed by atoms with Gasteiger partial charge in [-0.25, -0.2) is 9.97 Å². The van der Waals surface area contributed by atoms with Crippen LogP contribution in [0.5, 0.6) is 5.88 Å². The Morgan fingerprint density at radius 3 is 2.75 bits per heavy atom. The number of ether oxygens (including phenoxy) is 2. The quantitative estimate of drug-likeness (QED) is 0.588. The van der Waals surface area contributed by atoms with Crippen molar-refractivity contribution in [3.63, 3.8) is 0 Å². The molecule has 28 heavy (non-hydrogen) atoms. The van der Waals surface area contributed by atoms with Gasteiger partial charge in [-0.05, 0) is 57.0 Å². The zero-order valence-electron chi connectivity index (χ0n) is 16.0. The van der Waals surface area contributed by atoms with Gasteiger partial charge in [0.15, 0.2) is 0 Å². The summed E-state index contributed by atoms with van der Waals surface area (Å²) in [5.41, 5.74) is 1.34. The maximum Gasteiger partial charge on any atom is 0.225 e. The van der Waals surface area contributed by atoms with Crippen LogP contribution in [0.1, 0.15) is 48.5 Å². The van der Waals surface area contributed by atoms with Crippen molar-refractivity contribution in [2.24, 2.45) is 0 Å². The summed E-state index contributed by atoms with van der Waals surface area (Å²) >= 11 is 5.76. The van der Waals surface area contributed by atoms with Gasteiger partial charge in [0.1, 0.15) is 17.3 Å². The van der Waals surface area contributed by atoms with Crippen LogP contribution in [0.2, 0.25) is 0 Å². The van der Waals surface area contributed by atoms with Gasteiger partial charge in [0.25, 0.3) is 0 Å². The third kappa shape index (κ3) is 3.65. The van der Waals surface area contributed by atoms with Gasteiger partial charge >= 0.3 is 0 Å². The summed E-state index contributed by atoms with van der Waals surface area (Å²) in [5, 5.41) is 1.12. The molecule has 0 amide bonds. The van der Waals surface area contributed by atoms with Crippen LogP contribution in [0.25, 0.3) is 10.2 Å². The molecule has 3 heterocycles. The van der Waals surface area contributed by atoms with E-state index in [1.165, 1.54) is 23.3 Å². The van der Waals surface area contributed by atoms with E-state index in [1.807, 2.05) is 0 Å². The Hall–Kier alpha value is -0.930. The predicted octanol–water partition coefficient (Wildman–Crippen LogP) is 3.60. The van der Waals surface area contributed by atoms with Gasteiger partial charge in [0.05, 0.1) is 25.2 Å². The number of hydrogen-bond acceptors (Lipinski definition) is 8. The van der Waals surface area contributed by atoms with Crippen molar-refractivity contribution in [2.75, 3.05) is 32.9 Å². The average molecular weight is 422 g/mol. The molecule has 1 atom stereocenters. The van der Waals surface area contributed by atoms with E-state index >= 15 is 0 Å². The fraction of sp³-hybridized carbons (Fsp3) is 0.700. The number of morpholine rings is 1. The molecular weight excluding hydrogens is 394 g/mol. The van der Waals surface area contributed by atoms with E-state index in [0.29, 0.717) is 18.6 Å². The zero-order chi connectivity index (χ0) is 18.9. The first-order chi connectivity index (χ1) is 13.8. The highest BCUT2D eigenvalue weighted by molar-refractivity contribution is 7.75. The van der Waals surface area contributed by atoms with Gasteiger partial charge in [-0.2, -0.15) is 0 Å². The van der Waals surface area contributed by atoms with Crippen LogP contribution in [-0.2, 0) is 15.3 Å². The lowest BCUT2D eigenvalue weighted by atomic mass is 9.91. The maximum atomic E-state index is 6.47. The predicted molar refractivity (Wildman–Crippen MR) is 112 cm³/mol. The number of fused-ring (bicyclic) bond motifs is 3. The van der Waals surface area contributed by atoms with E-state index < -0.39 is 0 Å². The summed E-state index contributed by atoms with van der Waals surface area (Å²) in [5.74, 6) is 1.13. The number of thiol groups is 1. The minimum Gasteiger partial charge on any atom is -0.474 e. The van der Waals surface area contributed by atoms with Gasteiger partial charge in [-0.15, -0.1) is 11.3 Å². The van der Waals surface area contributed by atoms with E-state index in [0.717, 1.165) is 68.1 Å². The van der Waals surface area contributed by atoms with E-state index in [9.17, 15) is 0 Å². The van der Waals surface area contributed by atoms with Gasteiger partial charge in [0.2, 0.25) is 5.88 Å². The first-order valence-electron chi connectivity index (χ1n) is 10.3. The average Bonchev–Trinajstić information content (AvgIpc) is 3.30. The summed E-state index contributed by atoms with van der Waals surface area (Å²) in [6.07, 6.45) is 8.64. The number of aryl methyl sites for hydroxylation is 1. The second kappa shape index (κ2) is 8.44. The zero-order valence-corrected chi connectivity index (χ0v) is 17.7. The Balaban J connectivity index is 1.31. The molecular formula is C20H27N3O3S2. The topological polar surface area (TPSA) is 56.7 Å². The van der Waals surface area contributed by atoms with E-state index in [1.54, 1.807) is 17.7 Å². The van der Waals surface area contributed by atoms with Crippen molar-refractivity contribution >= 4 is 34.5 Å². The highest BCUT2D eigenvalue weighted by Gasteiger charge is 2.32. The third-order valence-electron chi connectivity index (χ3n) is 6.46. The van der Waals surface area contributed by atoms with Gasteiger partial charge < -0.3 is 13.7 Å². The molecule has 1 saturated carbocycles. The van der Waals surface area contributed by atoms with Crippen LogP contribution in [-0.4, -0.2) is 59.9 Å². The molecule has 0 aromatic carbocycles. The molecule has 1 aliphatic heterocycles. The minimum absolute atomic E-state index is 0.243. The number of thiophene rings is 1. The van der Waals surface area contributed by atoms with Crippen molar-refractivity contribution in [1.82, 2.24) is 14.9 Å². The summed E-state index contributed by atoms with van der Waals surface area (Å²) in [7, 11) is 0. The Kier molecular flexibility index (Phi) is 5.74. The van der Waals surface area contributed by atoms with E-state index in [2.05, 4.69) is 27.8 Å². The normalized spacial score (nSPS) is 28.5. The molecule has 2 aromatic rings. The highest BCUT2D eigenvalue weighted by Crippen LogP contribution is 2.46. The molecule has 5 rings (SSSR count). The van der Waals surface area contributed by atoms with Crippen molar-refractivity contribution in [3.8, 4) is 5.88 Å². The second-order valence-electron chi connectivity index (χ2n) is 8.03. The molecule has 152 valence electrons. The Bertz CT molecular complexity index is 816. The van der Waals surface area contributed by atoms with Crippen molar-refractivity contribution < 1.29 is 13.7 Å². The molecule has 8 heteroatoms. The SMILES string of the molecule is SOC[C@H]1CCc2sc3ncnc(O[C@H]4CC[C@H](N5CCOCC5)CC4)c3c21. The van der Waals surface area contributed by atoms with Crippen LogP contribution < -0.4 is 4.74 Å². The summed E-state index contributed by atoms with van der Waals surface area (Å²) in [6.45, 7) is 4.50. The van der Waals surface area contributed by atoms with Crippen LogP contribution in [0, 0.1) is 0 Å². The van der Waals surface area contributed by atoms with Crippen LogP contribution in [0.15, 0.2) is 6.33 Å². The van der Waals surface area contributed by atoms with Crippen LogP contribution >= 0.6 is 24.2 Å². The number of rotatable bonds is 5. The van der Waals surface area contributed by atoms with Gasteiger partial charge in [-0.1, -0.05) is 0 Å². The first kappa shape index (κ1) is 19.1. The molecule has 0 unspecified atom stereocenters.